The molecular formula is C52H94N4O7. The number of hydrogen-bond donors (Lipinski definition) is 2. The van der Waals surface area contributed by atoms with E-state index in [4.69, 9.17) is 30.4 Å². The third-order valence-corrected chi connectivity index (χ3v) is 11.3. The molecule has 364 valence electrons. The average molecular weight is 887 g/mol. The first-order valence-corrected chi connectivity index (χ1v) is 25.5. The van der Waals surface area contributed by atoms with Gasteiger partial charge >= 0.3 is 11.9 Å². The Labute approximate surface area is 385 Å². The summed E-state index contributed by atoms with van der Waals surface area (Å²) >= 11 is 0. The Morgan fingerprint density at radius 3 is 1.29 bits per heavy atom. The number of ether oxygens (including phenoxy) is 4. The van der Waals surface area contributed by atoms with Gasteiger partial charge in [-0.2, -0.15) is 0 Å². The number of hydrogen-bond acceptors (Lipinski definition) is 10. The molecule has 1 aliphatic heterocycles. The van der Waals surface area contributed by atoms with Gasteiger partial charge in [-0.15, -0.1) is 0 Å². The van der Waals surface area contributed by atoms with E-state index in [2.05, 4.69) is 62.5 Å². The molecule has 2 atom stereocenters. The van der Waals surface area contributed by atoms with Crippen molar-refractivity contribution in [3.05, 3.63) is 48.6 Å². The first kappa shape index (κ1) is 58.2. The molecule has 0 aromatic rings. The standard InChI is InChI=1S/C52H94N4O7/c1-3-5-7-9-11-13-15-17-19-21-23-25-27-29-31-35-51(58)62-43-39-56(50(57)47-55-45-48(60-41-33-37-53)49(46-55)61-42-34-38-54)40-44-63-52(59)36-32-30-28-26-24-22-20-18-16-14-12-10-8-6-4-2/h11-14,17-20,48-49H,3-10,15-16,21-47,53-54H2,1-2H3/b13-11-,14-12-,19-17-,20-18-/t48-,49?/m0/s1. The lowest BCUT2D eigenvalue weighted by Crippen LogP contribution is -2.43. The Balaban J connectivity index is 2.47. The van der Waals surface area contributed by atoms with Crippen LogP contribution >= 0.6 is 0 Å². The van der Waals surface area contributed by atoms with Crippen molar-refractivity contribution in [1.29, 1.82) is 0 Å². The van der Waals surface area contributed by atoms with Crippen molar-refractivity contribution in [2.24, 2.45) is 11.5 Å². The van der Waals surface area contributed by atoms with Crippen LogP contribution in [0.5, 0.6) is 0 Å². The third-order valence-electron chi connectivity index (χ3n) is 11.3. The number of nitrogens with zero attached hydrogens (tertiary/aromatic N) is 2. The molecule has 0 radical (unpaired) electrons. The quantitative estimate of drug-likeness (QED) is 0.0344. The maximum absolute atomic E-state index is 13.7. The first-order valence-electron chi connectivity index (χ1n) is 25.5. The highest BCUT2D eigenvalue weighted by molar-refractivity contribution is 5.78. The third kappa shape index (κ3) is 36.1. The lowest BCUT2D eigenvalue weighted by Gasteiger charge is -2.25. The monoisotopic (exact) mass is 887 g/mol. The van der Waals surface area contributed by atoms with Crippen molar-refractivity contribution in [2.45, 2.75) is 193 Å². The number of likely N-dealkylation sites (tertiary alicyclic amines) is 1. The molecule has 11 nitrogen and oxygen atoms in total. The predicted molar refractivity (Wildman–Crippen MR) is 260 cm³/mol. The molecule has 0 saturated carbocycles. The Morgan fingerprint density at radius 1 is 0.508 bits per heavy atom. The Hall–Kier alpha value is -2.83. The molecule has 0 aromatic heterocycles. The van der Waals surface area contributed by atoms with Crippen LogP contribution in [0.1, 0.15) is 181 Å². The van der Waals surface area contributed by atoms with Gasteiger partial charge in [-0.25, -0.2) is 0 Å². The summed E-state index contributed by atoms with van der Waals surface area (Å²) in [6, 6.07) is 0. The lowest BCUT2D eigenvalue weighted by molar-refractivity contribution is -0.148. The van der Waals surface area contributed by atoms with Crippen LogP contribution < -0.4 is 11.5 Å². The SMILES string of the molecule is CCCCC/C=C\C/C=C\CCCCCCCC(=O)OCCN(CCOC(=O)CCCCCCC/C=C\C/C=C\CCCCC)C(=O)CN1CC(OCCCN)[C@@H](OCCCN)C1. The summed E-state index contributed by atoms with van der Waals surface area (Å²) in [5.74, 6) is -0.606. The second kappa shape index (κ2) is 44.4. The molecule has 1 heterocycles. The van der Waals surface area contributed by atoms with Crippen LogP contribution in [0.15, 0.2) is 48.6 Å². The van der Waals surface area contributed by atoms with Crippen molar-refractivity contribution in [3.8, 4) is 0 Å². The van der Waals surface area contributed by atoms with E-state index in [1.165, 1.54) is 51.4 Å². The van der Waals surface area contributed by atoms with Gasteiger partial charge in [0.15, 0.2) is 0 Å². The summed E-state index contributed by atoms with van der Waals surface area (Å²) in [4.78, 5) is 42.6. The zero-order valence-corrected chi connectivity index (χ0v) is 40.3. The number of nitrogens with two attached hydrogens (primary N) is 2. The fourth-order valence-corrected chi connectivity index (χ4v) is 7.40. The number of carbonyl (C=O) groups is 3. The number of esters is 2. The molecule has 1 rings (SSSR count). The number of amides is 1. The Morgan fingerprint density at radius 2 is 0.889 bits per heavy atom. The van der Waals surface area contributed by atoms with Crippen molar-refractivity contribution in [1.82, 2.24) is 9.80 Å². The van der Waals surface area contributed by atoms with Crippen molar-refractivity contribution in [3.63, 3.8) is 0 Å². The molecule has 1 amide bonds. The number of unbranched alkanes of at least 4 members (excludes halogenated alkanes) is 16. The molecule has 0 aliphatic carbocycles. The molecule has 1 fully saturated rings. The normalized spacial score (nSPS) is 15.8. The highest BCUT2D eigenvalue weighted by Crippen LogP contribution is 2.18. The van der Waals surface area contributed by atoms with Crippen LogP contribution in [0.25, 0.3) is 0 Å². The van der Waals surface area contributed by atoms with E-state index >= 15 is 0 Å². The van der Waals surface area contributed by atoms with Crippen LogP contribution in [-0.2, 0) is 33.3 Å². The first-order chi connectivity index (χ1) is 30.9. The van der Waals surface area contributed by atoms with Gasteiger partial charge in [0.2, 0.25) is 5.91 Å². The minimum Gasteiger partial charge on any atom is -0.464 e. The zero-order chi connectivity index (χ0) is 45.7. The van der Waals surface area contributed by atoms with E-state index in [0.29, 0.717) is 52.2 Å². The van der Waals surface area contributed by atoms with Gasteiger partial charge in [0, 0.05) is 39.1 Å². The summed E-state index contributed by atoms with van der Waals surface area (Å²) in [5, 5.41) is 0. The lowest BCUT2D eigenvalue weighted by atomic mass is 10.1. The molecule has 11 heteroatoms. The second-order valence-electron chi connectivity index (χ2n) is 17.1. The molecule has 63 heavy (non-hydrogen) atoms. The van der Waals surface area contributed by atoms with Crippen LogP contribution in [0.4, 0.5) is 0 Å². The summed E-state index contributed by atoms with van der Waals surface area (Å²) in [5.41, 5.74) is 11.4. The zero-order valence-electron chi connectivity index (χ0n) is 40.3. The van der Waals surface area contributed by atoms with Gasteiger partial charge in [-0.05, 0) is 103 Å². The van der Waals surface area contributed by atoms with E-state index in [0.717, 1.165) is 103 Å². The van der Waals surface area contributed by atoms with Crippen molar-refractivity contribution in [2.75, 3.05) is 72.2 Å². The molecule has 1 saturated heterocycles. The van der Waals surface area contributed by atoms with Crippen LogP contribution in [-0.4, -0.2) is 112 Å². The number of rotatable bonds is 44. The van der Waals surface area contributed by atoms with E-state index in [9.17, 15) is 14.4 Å². The fourth-order valence-electron chi connectivity index (χ4n) is 7.40. The summed E-state index contributed by atoms with van der Waals surface area (Å²) in [6.07, 6.45) is 44.8. The van der Waals surface area contributed by atoms with Gasteiger partial charge in [-0.3, -0.25) is 19.3 Å². The second-order valence-corrected chi connectivity index (χ2v) is 17.1. The molecule has 1 aliphatic rings. The minimum atomic E-state index is -0.244. The molecule has 0 aromatic carbocycles. The van der Waals surface area contributed by atoms with Crippen LogP contribution in [0.2, 0.25) is 0 Å². The maximum atomic E-state index is 13.7. The number of carbonyl (C=O) groups excluding carboxylic acids is 3. The highest BCUT2D eigenvalue weighted by atomic mass is 16.5. The maximum Gasteiger partial charge on any atom is 0.305 e. The summed E-state index contributed by atoms with van der Waals surface area (Å²) in [7, 11) is 0. The predicted octanol–water partition coefficient (Wildman–Crippen LogP) is 10.3. The van der Waals surface area contributed by atoms with Crippen LogP contribution in [0.3, 0.4) is 0 Å². The Kier molecular flexibility index (Phi) is 41.0. The van der Waals surface area contributed by atoms with Gasteiger partial charge in [-0.1, -0.05) is 127 Å². The smallest absolute Gasteiger partial charge is 0.305 e. The number of allylic oxidation sites excluding steroid dienone is 8. The van der Waals surface area contributed by atoms with E-state index in [1.54, 1.807) is 4.90 Å². The fraction of sp³-hybridized carbons (Fsp3) is 0.788. The van der Waals surface area contributed by atoms with E-state index < -0.39 is 0 Å². The topological polar surface area (TPSA) is 147 Å². The summed E-state index contributed by atoms with van der Waals surface area (Å²) < 4.78 is 23.4. The average Bonchev–Trinajstić information content (AvgIpc) is 3.66. The Bertz CT molecular complexity index is 1130. The highest BCUT2D eigenvalue weighted by Gasteiger charge is 2.35. The van der Waals surface area contributed by atoms with Gasteiger partial charge in [0.05, 0.1) is 31.8 Å². The molecule has 0 bridgehead atoms. The minimum absolute atomic E-state index is 0.0976. The van der Waals surface area contributed by atoms with E-state index in [-0.39, 0.29) is 62.9 Å². The van der Waals surface area contributed by atoms with Gasteiger partial charge < -0.3 is 35.3 Å². The molecule has 4 N–H and O–H groups in total. The van der Waals surface area contributed by atoms with E-state index in [1.807, 2.05) is 4.90 Å². The summed E-state index contributed by atoms with van der Waals surface area (Å²) in [6.45, 7) is 8.56. The van der Waals surface area contributed by atoms with Crippen molar-refractivity contribution >= 4 is 17.8 Å². The molecule has 0 spiro atoms. The van der Waals surface area contributed by atoms with Gasteiger partial charge in [0.1, 0.15) is 13.2 Å². The van der Waals surface area contributed by atoms with Crippen molar-refractivity contribution < 1.29 is 33.3 Å². The largest absolute Gasteiger partial charge is 0.464 e. The van der Waals surface area contributed by atoms with Gasteiger partial charge in [0.25, 0.3) is 0 Å². The molecular weight excluding hydrogens is 793 g/mol. The molecule has 1 unspecified atom stereocenters. The van der Waals surface area contributed by atoms with Crippen LogP contribution in [0, 0.1) is 0 Å².